The van der Waals surface area contributed by atoms with Gasteiger partial charge >= 0.3 is 11.9 Å². The quantitative estimate of drug-likeness (QED) is 0.0415. The van der Waals surface area contributed by atoms with Gasteiger partial charge in [0.1, 0.15) is 6.04 Å². The molecule has 0 unspecified atom stereocenters. The van der Waals surface area contributed by atoms with Crippen molar-refractivity contribution >= 4 is 17.8 Å². The molecule has 54 heavy (non-hydrogen) atoms. The van der Waals surface area contributed by atoms with Crippen LogP contribution in [0.4, 0.5) is 0 Å². The van der Waals surface area contributed by atoms with Gasteiger partial charge in [0.15, 0.2) is 0 Å². The summed E-state index contributed by atoms with van der Waals surface area (Å²) >= 11 is 0. The molecule has 0 aliphatic rings. The molecule has 0 aromatic rings. The van der Waals surface area contributed by atoms with Gasteiger partial charge in [0.05, 0.1) is 19.3 Å². The van der Waals surface area contributed by atoms with Crippen molar-refractivity contribution in [2.45, 2.75) is 257 Å². The molecule has 0 aromatic carbocycles. The summed E-state index contributed by atoms with van der Waals surface area (Å²) in [6, 6.07) is -1.68. The van der Waals surface area contributed by atoms with E-state index in [0.29, 0.717) is 32.6 Å². The molecule has 0 aliphatic heterocycles. The standard InChI is InChI=1S/C46H91N3O5/c1-3-5-7-9-11-13-15-17-19-21-23-25-27-29-31-33-40-53-44(50)38-37-43(49-45(51)42(48)36-35-39-47)46(52)54-41-34-32-30-28-26-24-22-20-18-16-14-12-10-8-6-4-2/h42-43H,3-41,47-48H2,1-2H3,(H,49,51)/t42-,43+/m1/s1. The summed E-state index contributed by atoms with van der Waals surface area (Å²) in [6.07, 6.45) is 42.5. The number of ether oxygens (including phenoxy) is 2. The molecular formula is C46H91N3O5. The number of nitrogens with one attached hydrogen (secondary N) is 1. The summed E-state index contributed by atoms with van der Waals surface area (Å²) in [5, 5.41) is 2.73. The van der Waals surface area contributed by atoms with Crippen molar-refractivity contribution < 1.29 is 23.9 Å². The van der Waals surface area contributed by atoms with Crippen LogP contribution in [0, 0.1) is 0 Å². The maximum absolute atomic E-state index is 13.0. The molecule has 8 nitrogen and oxygen atoms in total. The van der Waals surface area contributed by atoms with Gasteiger partial charge in [-0.15, -0.1) is 0 Å². The molecule has 320 valence electrons. The smallest absolute Gasteiger partial charge is 0.328 e. The van der Waals surface area contributed by atoms with Crippen molar-refractivity contribution in [3.8, 4) is 0 Å². The molecule has 0 bridgehead atoms. The van der Waals surface area contributed by atoms with E-state index in [1.54, 1.807) is 0 Å². The lowest BCUT2D eigenvalue weighted by molar-refractivity contribution is -0.149. The van der Waals surface area contributed by atoms with Crippen LogP contribution in [0.1, 0.15) is 245 Å². The highest BCUT2D eigenvalue weighted by Gasteiger charge is 2.26. The number of rotatable bonds is 43. The van der Waals surface area contributed by atoms with Gasteiger partial charge in [0.2, 0.25) is 5.91 Å². The zero-order chi connectivity index (χ0) is 39.6. The van der Waals surface area contributed by atoms with Crippen molar-refractivity contribution in [1.29, 1.82) is 0 Å². The van der Waals surface area contributed by atoms with E-state index in [1.807, 2.05) is 0 Å². The maximum Gasteiger partial charge on any atom is 0.328 e. The van der Waals surface area contributed by atoms with Gasteiger partial charge in [0, 0.05) is 6.42 Å². The summed E-state index contributed by atoms with van der Waals surface area (Å²) in [4.78, 5) is 38.1. The van der Waals surface area contributed by atoms with E-state index in [-0.39, 0.29) is 18.8 Å². The van der Waals surface area contributed by atoms with Gasteiger partial charge in [0.25, 0.3) is 0 Å². The Bertz CT molecular complexity index is 826. The molecule has 0 saturated heterocycles. The molecule has 2 atom stereocenters. The Morgan fingerprint density at radius 2 is 0.796 bits per heavy atom. The fourth-order valence-electron chi connectivity index (χ4n) is 7.09. The lowest BCUT2D eigenvalue weighted by Gasteiger charge is -2.20. The first-order chi connectivity index (χ1) is 26.5. The molecule has 1 amide bonds. The molecule has 0 aliphatic carbocycles. The number of carbonyl (C=O) groups is 3. The largest absolute Gasteiger partial charge is 0.466 e. The van der Waals surface area contributed by atoms with E-state index < -0.39 is 24.0 Å². The monoisotopic (exact) mass is 766 g/mol. The number of carbonyl (C=O) groups excluding carboxylic acids is 3. The van der Waals surface area contributed by atoms with Gasteiger partial charge < -0.3 is 26.3 Å². The average Bonchev–Trinajstić information content (AvgIpc) is 3.17. The van der Waals surface area contributed by atoms with Crippen LogP contribution in [0.25, 0.3) is 0 Å². The maximum atomic E-state index is 13.0. The first kappa shape index (κ1) is 52.3. The van der Waals surface area contributed by atoms with Crippen LogP contribution in [0.3, 0.4) is 0 Å². The van der Waals surface area contributed by atoms with Crippen molar-refractivity contribution in [1.82, 2.24) is 5.32 Å². The molecule has 0 saturated carbocycles. The highest BCUT2D eigenvalue weighted by molar-refractivity contribution is 5.87. The van der Waals surface area contributed by atoms with Crippen molar-refractivity contribution in [2.24, 2.45) is 11.5 Å². The van der Waals surface area contributed by atoms with E-state index in [1.165, 1.54) is 173 Å². The SMILES string of the molecule is CCCCCCCCCCCCCCCCCCOC(=O)CC[C@H](NC(=O)[C@H](N)CCCN)C(=O)OCCCCCCCCCCCCCCCCCC. The first-order valence-corrected chi connectivity index (χ1v) is 23.5. The van der Waals surface area contributed by atoms with Crippen LogP contribution < -0.4 is 16.8 Å². The highest BCUT2D eigenvalue weighted by atomic mass is 16.5. The van der Waals surface area contributed by atoms with Crippen LogP contribution in [0.5, 0.6) is 0 Å². The second-order valence-electron chi connectivity index (χ2n) is 16.1. The number of amides is 1. The fraction of sp³-hybridized carbons (Fsp3) is 0.935. The third kappa shape index (κ3) is 37.3. The summed E-state index contributed by atoms with van der Waals surface area (Å²) in [5.41, 5.74) is 11.6. The van der Waals surface area contributed by atoms with E-state index in [4.69, 9.17) is 20.9 Å². The lowest BCUT2D eigenvalue weighted by atomic mass is 10.0. The Hall–Kier alpha value is -1.67. The predicted octanol–water partition coefficient (Wildman–Crippen LogP) is 11.9. The third-order valence-electron chi connectivity index (χ3n) is 10.8. The summed E-state index contributed by atoms with van der Waals surface area (Å²) in [5.74, 6) is -1.29. The Balaban J connectivity index is 4.08. The van der Waals surface area contributed by atoms with Crippen molar-refractivity contribution in [2.75, 3.05) is 19.8 Å². The van der Waals surface area contributed by atoms with Gasteiger partial charge in [-0.05, 0) is 38.6 Å². The van der Waals surface area contributed by atoms with E-state index in [9.17, 15) is 14.4 Å². The minimum atomic E-state index is -0.925. The number of nitrogens with two attached hydrogens (primary N) is 2. The number of hydrogen-bond acceptors (Lipinski definition) is 7. The molecule has 0 heterocycles. The van der Waals surface area contributed by atoms with Crippen LogP contribution in [0.2, 0.25) is 0 Å². The molecular weight excluding hydrogens is 675 g/mol. The molecule has 0 radical (unpaired) electrons. The van der Waals surface area contributed by atoms with E-state index >= 15 is 0 Å². The van der Waals surface area contributed by atoms with Crippen molar-refractivity contribution in [3.63, 3.8) is 0 Å². The minimum Gasteiger partial charge on any atom is -0.466 e. The minimum absolute atomic E-state index is 0.0377. The summed E-state index contributed by atoms with van der Waals surface area (Å²) in [6.45, 7) is 5.69. The Kier molecular flexibility index (Phi) is 41.2. The number of unbranched alkanes of at least 4 members (excludes halogenated alkanes) is 30. The van der Waals surface area contributed by atoms with Crippen LogP contribution >= 0.6 is 0 Å². The summed E-state index contributed by atoms with van der Waals surface area (Å²) < 4.78 is 11.0. The van der Waals surface area contributed by atoms with Gasteiger partial charge in [-0.25, -0.2) is 4.79 Å². The second-order valence-corrected chi connectivity index (χ2v) is 16.1. The van der Waals surface area contributed by atoms with Gasteiger partial charge in [-0.3, -0.25) is 9.59 Å². The van der Waals surface area contributed by atoms with E-state index in [0.717, 1.165) is 32.1 Å². The van der Waals surface area contributed by atoms with Crippen molar-refractivity contribution in [3.05, 3.63) is 0 Å². The number of esters is 2. The second kappa shape index (κ2) is 42.5. The van der Waals surface area contributed by atoms with Gasteiger partial charge in [-0.1, -0.05) is 206 Å². The van der Waals surface area contributed by atoms with Gasteiger partial charge in [-0.2, -0.15) is 0 Å². The molecule has 0 fully saturated rings. The van der Waals surface area contributed by atoms with Crippen LogP contribution in [-0.2, 0) is 23.9 Å². The Morgan fingerprint density at radius 1 is 0.463 bits per heavy atom. The number of hydrogen-bond donors (Lipinski definition) is 3. The third-order valence-corrected chi connectivity index (χ3v) is 10.8. The summed E-state index contributed by atoms with van der Waals surface area (Å²) in [7, 11) is 0. The normalized spacial score (nSPS) is 12.4. The zero-order valence-electron chi connectivity index (χ0n) is 35.9. The predicted molar refractivity (Wildman–Crippen MR) is 228 cm³/mol. The van der Waals surface area contributed by atoms with E-state index in [2.05, 4.69) is 19.2 Å². The zero-order valence-corrected chi connectivity index (χ0v) is 35.9. The molecule has 8 heteroatoms. The lowest BCUT2D eigenvalue weighted by Crippen LogP contribution is -2.49. The van der Waals surface area contributed by atoms with Crippen LogP contribution in [0.15, 0.2) is 0 Å². The van der Waals surface area contributed by atoms with Crippen LogP contribution in [-0.4, -0.2) is 49.7 Å². The first-order valence-electron chi connectivity index (χ1n) is 23.5. The highest BCUT2D eigenvalue weighted by Crippen LogP contribution is 2.16. The molecule has 0 spiro atoms. The average molecular weight is 766 g/mol. The molecule has 5 N–H and O–H groups in total. The topological polar surface area (TPSA) is 134 Å². The molecule has 0 rings (SSSR count). The molecule has 0 aromatic heterocycles. The Labute approximate surface area is 334 Å². The Morgan fingerprint density at radius 3 is 1.15 bits per heavy atom. The fourth-order valence-corrected chi connectivity index (χ4v) is 7.09.